The number of carboxylic acid groups (broad SMARTS) is 1. The lowest BCUT2D eigenvalue weighted by Crippen LogP contribution is -2.28. The van der Waals surface area contributed by atoms with Crippen molar-refractivity contribution in [2.45, 2.75) is 44.9 Å². The van der Waals surface area contributed by atoms with Crippen LogP contribution in [0.25, 0.3) is 0 Å². The number of hydrogen-bond acceptors (Lipinski definition) is 4. The van der Waals surface area contributed by atoms with Gasteiger partial charge in [0.15, 0.2) is 0 Å². The van der Waals surface area contributed by atoms with Gasteiger partial charge < -0.3 is 9.84 Å². The van der Waals surface area contributed by atoms with E-state index in [1.54, 1.807) is 7.11 Å². The van der Waals surface area contributed by atoms with Gasteiger partial charge in [-0.15, -0.1) is 0 Å². The third-order valence-corrected chi connectivity index (χ3v) is 6.92. The molecule has 29 heavy (non-hydrogen) atoms. The van der Waals surface area contributed by atoms with Crippen LogP contribution in [0.3, 0.4) is 0 Å². The number of sulfonamides is 1. The standard InChI is InChI=1S/C22H29NO5S/c1-28-19-8-5-6-16(13-19)10-11-29(26,27)23-21-15-17-12-18(20(21)14-17)7-3-2-4-9-22(24)25/h3,5-8,13,17-18,23H,2,4,9-12,14-15H2,1H3,(H,24,25). The second-order valence-electron chi connectivity index (χ2n) is 7.86. The van der Waals surface area contributed by atoms with E-state index in [0.717, 1.165) is 42.7 Å². The average molecular weight is 420 g/mol. The number of hydrogen-bond donors (Lipinski definition) is 2. The fourth-order valence-electron chi connectivity index (χ4n) is 4.22. The Hall–Kier alpha value is -2.28. The van der Waals surface area contributed by atoms with Crippen LogP contribution >= 0.6 is 0 Å². The summed E-state index contributed by atoms with van der Waals surface area (Å²) >= 11 is 0. The van der Waals surface area contributed by atoms with Crippen LogP contribution in [0.4, 0.5) is 0 Å². The summed E-state index contributed by atoms with van der Waals surface area (Å²) in [5.74, 6) is 0.775. The minimum atomic E-state index is -3.41. The average Bonchev–Trinajstić information content (AvgIpc) is 3.25. The Labute approximate surface area is 172 Å². The quantitative estimate of drug-likeness (QED) is 0.422. The van der Waals surface area contributed by atoms with E-state index in [1.807, 2.05) is 30.3 Å². The minimum absolute atomic E-state index is 0.0390. The van der Waals surface area contributed by atoms with Crippen LogP contribution in [0.2, 0.25) is 0 Å². The van der Waals surface area contributed by atoms with Crippen molar-refractivity contribution in [1.29, 1.82) is 0 Å². The lowest BCUT2D eigenvalue weighted by molar-refractivity contribution is -0.137. The van der Waals surface area contributed by atoms with Crippen LogP contribution in [-0.4, -0.2) is 32.4 Å². The molecule has 0 amide bonds. The Morgan fingerprint density at radius 3 is 2.90 bits per heavy atom. The lowest BCUT2D eigenvalue weighted by Gasteiger charge is -2.19. The summed E-state index contributed by atoms with van der Waals surface area (Å²) in [6.07, 6.45) is 8.96. The predicted octanol–water partition coefficient (Wildman–Crippen LogP) is 3.65. The first-order valence-electron chi connectivity index (χ1n) is 10.1. The molecule has 0 aromatic heterocycles. The highest BCUT2D eigenvalue weighted by Crippen LogP contribution is 2.47. The SMILES string of the molecule is COc1cccc(CCS(=O)(=O)NC2=C3CC(C2)CC3C=CCCCC(=O)O)c1. The van der Waals surface area contributed by atoms with E-state index < -0.39 is 16.0 Å². The van der Waals surface area contributed by atoms with Crippen LogP contribution < -0.4 is 9.46 Å². The van der Waals surface area contributed by atoms with Gasteiger partial charge in [-0.3, -0.25) is 9.52 Å². The van der Waals surface area contributed by atoms with Crippen molar-refractivity contribution in [1.82, 2.24) is 4.72 Å². The first-order chi connectivity index (χ1) is 13.9. The van der Waals surface area contributed by atoms with Crippen molar-refractivity contribution in [3.63, 3.8) is 0 Å². The monoisotopic (exact) mass is 419 g/mol. The Morgan fingerprint density at radius 1 is 1.34 bits per heavy atom. The van der Waals surface area contributed by atoms with E-state index in [-0.39, 0.29) is 18.1 Å². The van der Waals surface area contributed by atoms with Crippen molar-refractivity contribution < 1.29 is 23.1 Å². The molecule has 1 aromatic carbocycles. The lowest BCUT2D eigenvalue weighted by atomic mass is 9.93. The van der Waals surface area contributed by atoms with E-state index in [2.05, 4.69) is 10.8 Å². The highest BCUT2D eigenvalue weighted by atomic mass is 32.2. The zero-order valence-corrected chi connectivity index (χ0v) is 17.6. The van der Waals surface area contributed by atoms with Crippen LogP contribution in [0.5, 0.6) is 5.75 Å². The highest BCUT2D eigenvalue weighted by Gasteiger charge is 2.37. The molecule has 0 saturated heterocycles. The van der Waals surface area contributed by atoms with Crippen molar-refractivity contribution in [3.05, 3.63) is 53.3 Å². The summed E-state index contributed by atoms with van der Waals surface area (Å²) < 4.78 is 33.3. The summed E-state index contributed by atoms with van der Waals surface area (Å²) in [5, 5.41) is 8.69. The number of ether oxygens (including phenoxy) is 1. The van der Waals surface area contributed by atoms with Gasteiger partial charge in [0.05, 0.1) is 12.9 Å². The number of unbranched alkanes of at least 4 members (excludes halogenated alkanes) is 1. The maximum Gasteiger partial charge on any atom is 0.303 e. The van der Waals surface area contributed by atoms with Crippen molar-refractivity contribution >= 4 is 16.0 Å². The number of allylic oxidation sites excluding steroid dienone is 4. The molecule has 7 heteroatoms. The Kier molecular flexibility index (Phi) is 7.00. The van der Waals surface area contributed by atoms with Gasteiger partial charge in [0.1, 0.15) is 5.75 Å². The topological polar surface area (TPSA) is 92.7 Å². The van der Waals surface area contributed by atoms with Gasteiger partial charge in [-0.25, -0.2) is 8.42 Å². The zero-order chi connectivity index (χ0) is 20.9. The highest BCUT2D eigenvalue weighted by molar-refractivity contribution is 7.89. The number of carboxylic acids is 1. The predicted molar refractivity (Wildman–Crippen MR) is 112 cm³/mol. The molecule has 158 valence electrons. The largest absolute Gasteiger partial charge is 0.497 e. The molecular formula is C22H29NO5S. The first kappa shape index (κ1) is 21.4. The molecule has 0 spiro atoms. The van der Waals surface area contributed by atoms with Gasteiger partial charge >= 0.3 is 5.97 Å². The summed E-state index contributed by atoms with van der Waals surface area (Å²) in [4.78, 5) is 10.6. The molecule has 0 aliphatic heterocycles. The van der Waals surface area contributed by atoms with Gasteiger partial charge in [0.25, 0.3) is 0 Å². The van der Waals surface area contributed by atoms with Gasteiger partial charge in [-0.1, -0.05) is 24.3 Å². The molecule has 0 radical (unpaired) electrons. The van der Waals surface area contributed by atoms with Gasteiger partial charge in [-0.2, -0.15) is 0 Å². The van der Waals surface area contributed by atoms with Crippen molar-refractivity contribution in [3.8, 4) is 5.75 Å². The van der Waals surface area contributed by atoms with E-state index in [9.17, 15) is 13.2 Å². The number of rotatable bonds is 11. The van der Waals surface area contributed by atoms with Gasteiger partial charge in [0, 0.05) is 18.0 Å². The molecule has 2 unspecified atom stereocenters. The molecule has 2 atom stereocenters. The van der Waals surface area contributed by atoms with Crippen LogP contribution in [-0.2, 0) is 21.2 Å². The van der Waals surface area contributed by atoms with E-state index in [1.165, 1.54) is 5.57 Å². The van der Waals surface area contributed by atoms with E-state index in [0.29, 0.717) is 18.8 Å². The second kappa shape index (κ2) is 9.48. The molecule has 3 rings (SSSR count). The molecule has 1 fully saturated rings. The zero-order valence-electron chi connectivity index (χ0n) is 16.8. The van der Waals surface area contributed by atoms with Crippen LogP contribution in [0.1, 0.15) is 44.1 Å². The maximum atomic E-state index is 12.6. The normalized spacial score (nSPS) is 21.1. The fourth-order valence-corrected chi connectivity index (χ4v) is 5.42. The number of benzene rings is 1. The van der Waals surface area contributed by atoms with Gasteiger partial charge in [0.2, 0.25) is 10.0 Å². The number of aryl methyl sites for hydroxylation is 1. The van der Waals surface area contributed by atoms with Gasteiger partial charge in [-0.05, 0) is 67.7 Å². The van der Waals surface area contributed by atoms with E-state index >= 15 is 0 Å². The molecule has 1 aromatic rings. The third kappa shape index (κ3) is 6.10. The summed E-state index contributed by atoms with van der Waals surface area (Å²) in [5.41, 5.74) is 3.00. The molecule has 6 nitrogen and oxygen atoms in total. The third-order valence-electron chi connectivity index (χ3n) is 5.63. The second-order valence-corrected chi connectivity index (χ2v) is 9.70. The number of nitrogens with one attached hydrogen (secondary N) is 1. The van der Waals surface area contributed by atoms with Crippen molar-refractivity contribution in [2.75, 3.05) is 12.9 Å². The Balaban J connectivity index is 1.56. The molecule has 0 heterocycles. The number of carbonyl (C=O) groups is 1. The molecular weight excluding hydrogens is 390 g/mol. The number of aliphatic carboxylic acids is 1. The van der Waals surface area contributed by atoms with Crippen LogP contribution in [0, 0.1) is 11.8 Å². The summed E-state index contributed by atoms with van der Waals surface area (Å²) in [6.45, 7) is 0. The molecule has 2 N–H and O–H groups in total. The minimum Gasteiger partial charge on any atom is -0.497 e. The smallest absolute Gasteiger partial charge is 0.303 e. The maximum absolute atomic E-state index is 12.6. The van der Waals surface area contributed by atoms with Crippen LogP contribution in [0.15, 0.2) is 47.7 Å². The molecule has 2 aliphatic rings. The number of fused-ring (bicyclic) bond motifs is 2. The Bertz CT molecular complexity index is 904. The molecule has 2 aliphatic carbocycles. The van der Waals surface area contributed by atoms with Crippen molar-refractivity contribution in [2.24, 2.45) is 11.8 Å². The fraction of sp³-hybridized carbons (Fsp3) is 0.500. The summed E-state index contributed by atoms with van der Waals surface area (Å²) in [6, 6.07) is 7.47. The summed E-state index contributed by atoms with van der Waals surface area (Å²) in [7, 11) is -1.81. The number of methoxy groups -OCH3 is 1. The molecule has 1 saturated carbocycles. The van der Waals surface area contributed by atoms with E-state index in [4.69, 9.17) is 9.84 Å². The first-order valence-corrected chi connectivity index (χ1v) is 11.8. The molecule has 2 bridgehead atoms. The Morgan fingerprint density at radius 2 is 2.17 bits per heavy atom.